The fraction of sp³-hybridized carbons (Fsp3) is 0.211. The van der Waals surface area contributed by atoms with Gasteiger partial charge in [0, 0.05) is 18.1 Å². The fourth-order valence-electron chi connectivity index (χ4n) is 2.68. The number of aromatic amines is 1. The molecule has 1 N–H and O–H groups in total. The number of para-hydroxylation sites is 1. The van der Waals surface area contributed by atoms with Gasteiger partial charge in [-0.25, -0.2) is 9.37 Å². The van der Waals surface area contributed by atoms with E-state index in [-0.39, 0.29) is 24.6 Å². The Morgan fingerprint density at radius 2 is 2.07 bits per heavy atom. The molecule has 0 saturated heterocycles. The van der Waals surface area contributed by atoms with Crippen LogP contribution in [0.4, 0.5) is 4.39 Å². The topological polar surface area (TPSA) is 75.3 Å². The molecule has 0 radical (unpaired) electrons. The van der Waals surface area contributed by atoms with Gasteiger partial charge in [0.2, 0.25) is 0 Å². The second kappa shape index (κ2) is 8.41. The maximum atomic E-state index is 13.3. The van der Waals surface area contributed by atoms with Crippen molar-refractivity contribution in [1.29, 1.82) is 0 Å². The molecule has 2 aromatic carbocycles. The predicted molar refractivity (Wildman–Crippen MR) is 103 cm³/mol. The molecule has 0 aliphatic carbocycles. The van der Waals surface area contributed by atoms with Crippen LogP contribution in [0.1, 0.15) is 16.2 Å². The van der Waals surface area contributed by atoms with E-state index in [1.165, 1.54) is 30.2 Å². The van der Waals surface area contributed by atoms with Gasteiger partial charge in [0.1, 0.15) is 11.6 Å². The van der Waals surface area contributed by atoms with Crippen LogP contribution in [0.5, 0.6) is 0 Å². The average Bonchev–Trinajstić information content (AvgIpc) is 2.64. The number of nitrogens with zero attached hydrogens (tertiary/aromatic N) is 2. The van der Waals surface area contributed by atoms with E-state index in [4.69, 9.17) is 4.74 Å². The number of ether oxygens (including phenoxy) is 1. The van der Waals surface area contributed by atoms with E-state index in [1.807, 2.05) is 0 Å². The van der Waals surface area contributed by atoms with Gasteiger partial charge in [-0.2, -0.15) is 0 Å². The van der Waals surface area contributed by atoms with Gasteiger partial charge < -0.3 is 14.6 Å². The van der Waals surface area contributed by atoms with Gasteiger partial charge in [0.15, 0.2) is 0 Å². The number of rotatable bonds is 6. The minimum atomic E-state index is -0.442. The summed E-state index contributed by atoms with van der Waals surface area (Å²) in [6.45, 7) is 0.685. The van der Waals surface area contributed by atoms with Gasteiger partial charge >= 0.3 is 0 Å². The molecule has 0 fully saturated rings. The SMILES string of the molecule is COCCN(Cc1nc2ccccc2c(=O)[nH]1)C(=O)c1ccc(F)cc1Br. The zero-order chi connectivity index (χ0) is 19.4. The van der Waals surface area contributed by atoms with Gasteiger partial charge in [-0.15, -0.1) is 0 Å². The Kier molecular flexibility index (Phi) is 5.98. The number of amides is 1. The average molecular weight is 434 g/mol. The molecule has 0 aliphatic rings. The van der Waals surface area contributed by atoms with Crippen LogP contribution >= 0.6 is 15.9 Å². The van der Waals surface area contributed by atoms with Crippen molar-refractivity contribution in [3.05, 3.63) is 74.5 Å². The number of benzene rings is 2. The Balaban J connectivity index is 1.93. The van der Waals surface area contributed by atoms with Crippen molar-refractivity contribution in [2.45, 2.75) is 6.54 Å². The molecule has 6 nitrogen and oxygen atoms in total. The zero-order valence-corrected chi connectivity index (χ0v) is 16.1. The molecule has 0 atom stereocenters. The summed E-state index contributed by atoms with van der Waals surface area (Å²) < 4.78 is 18.8. The first kappa shape index (κ1) is 19.2. The molecule has 140 valence electrons. The molecule has 3 rings (SSSR count). The summed E-state index contributed by atoms with van der Waals surface area (Å²) in [5, 5.41) is 0.484. The summed E-state index contributed by atoms with van der Waals surface area (Å²) >= 11 is 3.22. The normalized spacial score (nSPS) is 10.9. The van der Waals surface area contributed by atoms with Crippen LogP contribution < -0.4 is 5.56 Å². The minimum Gasteiger partial charge on any atom is -0.383 e. The molecule has 8 heteroatoms. The highest BCUT2D eigenvalue weighted by atomic mass is 79.9. The van der Waals surface area contributed by atoms with E-state index >= 15 is 0 Å². The molecule has 0 unspecified atom stereocenters. The largest absolute Gasteiger partial charge is 0.383 e. The van der Waals surface area contributed by atoms with Crippen LogP contribution in [-0.4, -0.2) is 41.0 Å². The standard InChI is InChI=1S/C19H17BrFN3O3/c1-27-9-8-24(19(26)13-7-6-12(21)10-15(13)20)11-17-22-16-5-3-2-4-14(16)18(25)23-17/h2-7,10H,8-9,11H2,1H3,(H,22,23,25). The molecule has 0 spiro atoms. The molecule has 27 heavy (non-hydrogen) atoms. The van der Waals surface area contributed by atoms with Crippen molar-refractivity contribution in [2.24, 2.45) is 0 Å². The number of halogens is 2. The third-order valence-corrected chi connectivity index (χ3v) is 4.67. The lowest BCUT2D eigenvalue weighted by Crippen LogP contribution is -2.35. The third kappa shape index (κ3) is 4.40. The monoisotopic (exact) mass is 433 g/mol. The maximum Gasteiger partial charge on any atom is 0.258 e. The van der Waals surface area contributed by atoms with Crippen LogP contribution in [0.2, 0.25) is 0 Å². The summed E-state index contributed by atoms with van der Waals surface area (Å²) in [5.74, 6) is -0.404. The number of hydrogen-bond acceptors (Lipinski definition) is 4. The van der Waals surface area contributed by atoms with Gasteiger partial charge in [0.25, 0.3) is 11.5 Å². The number of carbonyl (C=O) groups is 1. The summed E-state index contributed by atoms with van der Waals surface area (Å²) in [6.07, 6.45) is 0. The van der Waals surface area contributed by atoms with Crippen molar-refractivity contribution in [1.82, 2.24) is 14.9 Å². The number of methoxy groups -OCH3 is 1. The third-order valence-electron chi connectivity index (χ3n) is 4.02. The maximum absolute atomic E-state index is 13.3. The molecule has 3 aromatic rings. The highest BCUT2D eigenvalue weighted by Crippen LogP contribution is 2.20. The lowest BCUT2D eigenvalue weighted by molar-refractivity contribution is 0.0674. The summed E-state index contributed by atoms with van der Waals surface area (Å²) in [4.78, 5) is 33.8. The molecule has 1 amide bonds. The van der Waals surface area contributed by atoms with Crippen LogP contribution in [0.3, 0.4) is 0 Å². The van der Waals surface area contributed by atoms with Gasteiger partial charge in [0.05, 0.1) is 29.6 Å². The van der Waals surface area contributed by atoms with Crippen molar-refractivity contribution in [3.8, 4) is 0 Å². The van der Waals surface area contributed by atoms with Crippen LogP contribution in [0.15, 0.2) is 51.7 Å². The summed E-state index contributed by atoms with van der Waals surface area (Å²) in [7, 11) is 1.53. The molecular formula is C19H17BrFN3O3. The first-order chi connectivity index (χ1) is 13.0. The Hall–Kier alpha value is -2.58. The number of H-pyrrole nitrogens is 1. The Morgan fingerprint density at radius 3 is 2.81 bits per heavy atom. The highest BCUT2D eigenvalue weighted by Gasteiger charge is 2.20. The predicted octanol–water partition coefficient (Wildman–Crippen LogP) is 3.11. The van der Waals surface area contributed by atoms with E-state index in [9.17, 15) is 14.0 Å². The van der Waals surface area contributed by atoms with Gasteiger partial charge in [-0.1, -0.05) is 12.1 Å². The van der Waals surface area contributed by atoms with E-state index < -0.39 is 5.82 Å². The quantitative estimate of drug-likeness (QED) is 0.647. The first-order valence-corrected chi connectivity index (χ1v) is 9.00. The molecule has 1 heterocycles. The molecule has 0 aliphatic heterocycles. The number of nitrogens with one attached hydrogen (secondary N) is 1. The number of fused-ring (bicyclic) bond motifs is 1. The molecular weight excluding hydrogens is 417 g/mol. The second-order valence-corrected chi connectivity index (χ2v) is 6.73. The highest BCUT2D eigenvalue weighted by molar-refractivity contribution is 9.10. The van der Waals surface area contributed by atoms with Gasteiger partial charge in [-0.05, 0) is 46.3 Å². The smallest absolute Gasteiger partial charge is 0.258 e. The zero-order valence-electron chi connectivity index (χ0n) is 14.5. The van der Waals surface area contributed by atoms with E-state index in [0.717, 1.165) is 0 Å². The van der Waals surface area contributed by atoms with E-state index in [1.54, 1.807) is 24.3 Å². The van der Waals surface area contributed by atoms with Crippen molar-refractivity contribution < 1.29 is 13.9 Å². The van der Waals surface area contributed by atoms with Crippen molar-refractivity contribution in [2.75, 3.05) is 20.3 Å². The van der Waals surface area contributed by atoms with Crippen molar-refractivity contribution >= 4 is 32.7 Å². The van der Waals surface area contributed by atoms with Crippen LogP contribution in [-0.2, 0) is 11.3 Å². The van der Waals surface area contributed by atoms with E-state index in [2.05, 4.69) is 25.9 Å². The number of carbonyl (C=O) groups excluding carboxylic acids is 1. The van der Waals surface area contributed by atoms with E-state index in [0.29, 0.717) is 33.4 Å². The lowest BCUT2D eigenvalue weighted by Gasteiger charge is -2.22. The lowest BCUT2D eigenvalue weighted by atomic mass is 10.2. The van der Waals surface area contributed by atoms with Crippen LogP contribution in [0.25, 0.3) is 10.9 Å². The molecule has 1 aromatic heterocycles. The Bertz CT molecular complexity index is 1040. The second-order valence-electron chi connectivity index (χ2n) is 5.87. The first-order valence-electron chi connectivity index (χ1n) is 8.21. The Morgan fingerprint density at radius 1 is 1.30 bits per heavy atom. The molecule has 0 bridgehead atoms. The summed E-state index contributed by atoms with van der Waals surface area (Å²) in [6, 6.07) is 10.9. The van der Waals surface area contributed by atoms with Crippen LogP contribution in [0, 0.1) is 5.82 Å². The van der Waals surface area contributed by atoms with Crippen molar-refractivity contribution in [3.63, 3.8) is 0 Å². The summed E-state index contributed by atoms with van der Waals surface area (Å²) in [5.41, 5.74) is 0.603. The number of hydrogen-bond donors (Lipinski definition) is 1. The minimum absolute atomic E-state index is 0.0894. The number of aromatic nitrogens is 2. The fourth-order valence-corrected chi connectivity index (χ4v) is 3.20. The van der Waals surface area contributed by atoms with Gasteiger partial charge in [-0.3, -0.25) is 9.59 Å². The Labute approximate surface area is 163 Å². The molecule has 0 saturated carbocycles.